The van der Waals surface area contributed by atoms with Gasteiger partial charge in [-0.3, -0.25) is 4.79 Å². The highest BCUT2D eigenvalue weighted by Crippen LogP contribution is 2.30. The summed E-state index contributed by atoms with van der Waals surface area (Å²) in [5.74, 6) is -0.143. The molecule has 0 amide bonds. The third kappa shape index (κ3) is 3.37. The van der Waals surface area contributed by atoms with Gasteiger partial charge in [-0.05, 0) is 31.0 Å². The summed E-state index contributed by atoms with van der Waals surface area (Å²) in [4.78, 5) is 12.6. The molecule has 0 aliphatic heterocycles. The Hall–Kier alpha value is -0.870. The van der Waals surface area contributed by atoms with Crippen molar-refractivity contribution in [2.75, 3.05) is 6.26 Å². The number of hydrogen-bond acceptors (Lipinski definition) is 3. The Bertz CT molecular complexity index is 587. The molecule has 5 heteroatoms. The van der Waals surface area contributed by atoms with Crippen molar-refractivity contribution in [1.82, 2.24) is 0 Å². The zero-order chi connectivity index (χ0) is 14.0. The summed E-state index contributed by atoms with van der Waals surface area (Å²) < 4.78 is 23.5. The fourth-order valence-corrected chi connectivity index (χ4v) is 3.65. The van der Waals surface area contributed by atoms with Gasteiger partial charge in [-0.2, -0.15) is 0 Å². The number of Topliss-reactive ketones (excluding diaryl/α,β-unsaturated/α-hetero) is 1. The van der Waals surface area contributed by atoms with E-state index in [1.54, 1.807) is 0 Å². The number of carbonyl (C=O) groups excluding carboxylic acids is 1. The molecule has 19 heavy (non-hydrogen) atoms. The van der Waals surface area contributed by atoms with Gasteiger partial charge in [0.25, 0.3) is 0 Å². The third-order valence-corrected chi connectivity index (χ3v) is 4.97. The van der Waals surface area contributed by atoms with Crippen molar-refractivity contribution in [1.29, 1.82) is 0 Å². The van der Waals surface area contributed by atoms with Crippen LogP contribution < -0.4 is 0 Å². The summed E-state index contributed by atoms with van der Waals surface area (Å²) in [5, 5.41) is 0.395. The number of ketones is 1. The standard InChI is InChI=1S/C14H17ClO3S/c1-19(17,18)13-8-7-11(15)9-12(13)14(16)10-5-3-2-4-6-10/h7-10H,2-6H2,1H3. The molecular formula is C14H17ClO3S. The lowest BCUT2D eigenvalue weighted by molar-refractivity contribution is 0.0886. The van der Waals surface area contributed by atoms with Crippen molar-refractivity contribution in [3.63, 3.8) is 0 Å². The third-order valence-electron chi connectivity index (χ3n) is 3.58. The minimum Gasteiger partial charge on any atom is -0.294 e. The molecular weight excluding hydrogens is 284 g/mol. The van der Waals surface area contributed by atoms with Gasteiger partial charge in [0.2, 0.25) is 0 Å². The first-order valence-corrected chi connectivity index (χ1v) is 8.70. The van der Waals surface area contributed by atoms with Crippen LogP contribution in [0, 0.1) is 5.92 Å². The van der Waals surface area contributed by atoms with Crippen LogP contribution in [0.4, 0.5) is 0 Å². The van der Waals surface area contributed by atoms with Gasteiger partial charge < -0.3 is 0 Å². The molecule has 0 saturated heterocycles. The number of carbonyl (C=O) groups is 1. The zero-order valence-electron chi connectivity index (χ0n) is 10.9. The normalized spacial score (nSPS) is 17.4. The van der Waals surface area contributed by atoms with E-state index < -0.39 is 9.84 Å². The average Bonchev–Trinajstić information content (AvgIpc) is 2.37. The van der Waals surface area contributed by atoms with E-state index in [0.29, 0.717) is 5.02 Å². The Morgan fingerprint density at radius 2 is 1.84 bits per heavy atom. The summed E-state index contributed by atoms with van der Waals surface area (Å²) in [6.45, 7) is 0. The van der Waals surface area contributed by atoms with Crippen LogP contribution in [-0.4, -0.2) is 20.5 Å². The second-order valence-electron chi connectivity index (χ2n) is 5.11. The Morgan fingerprint density at radius 3 is 2.42 bits per heavy atom. The first-order chi connectivity index (χ1) is 8.89. The topological polar surface area (TPSA) is 51.2 Å². The van der Waals surface area contributed by atoms with Gasteiger partial charge in [0.05, 0.1) is 4.90 Å². The molecule has 0 bridgehead atoms. The molecule has 0 unspecified atom stereocenters. The highest BCUT2D eigenvalue weighted by Gasteiger charge is 2.26. The lowest BCUT2D eigenvalue weighted by Gasteiger charge is -2.21. The van der Waals surface area contributed by atoms with E-state index in [2.05, 4.69) is 0 Å². The quantitative estimate of drug-likeness (QED) is 0.803. The second kappa shape index (κ2) is 5.63. The highest BCUT2D eigenvalue weighted by molar-refractivity contribution is 7.90. The largest absolute Gasteiger partial charge is 0.294 e. The van der Waals surface area contributed by atoms with Crippen molar-refractivity contribution >= 4 is 27.2 Å². The van der Waals surface area contributed by atoms with E-state index in [4.69, 9.17) is 11.6 Å². The number of rotatable bonds is 3. The van der Waals surface area contributed by atoms with Gasteiger partial charge in [-0.25, -0.2) is 8.42 Å². The fraction of sp³-hybridized carbons (Fsp3) is 0.500. The predicted octanol–water partition coefficient (Wildman–Crippen LogP) is 3.51. The second-order valence-corrected chi connectivity index (χ2v) is 7.53. The molecule has 1 fully saturated rings. The van der Waals surface area contributed by atoms with Crippen LogP contribution in [0.3, 0.4) is 0 Å². The van der Waals surface area contributed by atoms with E-state index >= 15 is 0 Å². The molecule has 2 rings (SSSR count). The fourth-order valence-electron chi connectivity index (χ4n) is 2.60. The molecule has 1 saturated carbocycles. The van der Waals surface area contributed by atoms with Gasteiger partial charge in [0.1, 0.15) is 0 Å². The van der Waals surface area contributed by atoms with E-state index in [9.17, 15) is 13.2 Å². The van der Waals surface area contributed by atoms with Crippen LogP contribution in [0.15, 0.2) is 23.1 Å². The number of benzene rings is 1. The van der Waals surface area contributed by atoms with E-state index in [-0.39, 0.29) is 22.2 Å². The molecule has 0 N–H and O–H groups in total. The van der Waals surface area contributed by atoms with E-state index in [1.807, 2.05) is 0 Å². The van der Waals surface area contributed by atoms with Crippen LogP contribution in [0.5, 0.6) is 0 Å². The molecule has 1 aromatic rings. The molecule has 0 spiro atoms. The van der Waals surface area contributed by atoms with Gasteiger partial charge >= 0.3 is 0 Å². The zero-order valence-corrected chi connectivity index (χ0v) is 12.4. The van der Waals surface area contributed by atoms with Gasteiger partial charge in [0, 0.05) is 22.8 Å². The Labute approximate surface area is 118 Å². The molecule has 0 heterocycles. The Morgan fingerprint density at radius 1 is 1.21 bits per heavy atom. The molecule has 1 aromatic carbocycles. The van der Waals surface area contributed by atoms with Gasteiger partial charge in [-0.1, -0.05) is 30.9 Å². The molecule has 1 aliphatic rings. The van der Waals surface area contributed by atoms with Gasteiger partial charge in [0.15, 0.2) is 15.6 Å². The Balaban J connectivity index is 2.42. The smallest absolute Gasteiger partial charge is 0.176 e. The maximum absolute atomic E-state index is 12.5. The van der Waals surface area contributed by atoms with Crippen molar-refractivity contribution in [3.05, 3.63) is 28.8 Å². The van der Waals surface area contributed by atoms with Crippen LogP contribution in [0.1, 0.15) is 42.5 Å². The molecule has 0 radical (unpaired) electrons. The average molecular weight is 301 g/mol. The van der Waals surface area contributed by atoms with Crippen LogP contribution in [0.2, 0.25) is 5.02 Å². The van der Waals surface area contributed by atoms with Gasteiger partial charge in [-0.15, -0.1) is 0 Å². The number of hydrogen-bond donors (Lipinski definition) is 0. The summed E-state index contributed by atoms with van der Waals surface area (Å²) >= 11 is 5.90. The van der Waals surface area contributed by atoms with E-state index in [0.717, 1.165) is 38.4 Å². The molecule has 104 valence electrons. The van der Waals surface area contributed by atoms with Crippen LogP contribution >= 0.6 is 11.6 Å². The van der Waals surface area contributed by atoms with Crippen LogP contribution in [0.25, 0.3) is 0 Å². The molecule has 1 aliphatic carbocycles. The van der Waals surface area contributed by atoms with Crippen LogP contribution in [-0.2, 0) is 9.84 Å². The molecule has 3 nitrogen and oxygen atoms in total. The predicted molar refractivity (Wildman–Crippen MR) is 75.5 cm³/mol. The minimum atomic E-state index is -3.41. The number of halogens is 1. The Kier molecular flexibility index (Phi) is 4.31. The number of sulfone groups is 1. The van der Waals surface area contributed by atoms with E-state index in [1.165, 1.54) is 18.2 Å². The summed E-state index contributed by atoms with van der Waals surface area (Å²) in [5.41, 5.74) is 0.252. The highest BCUT2D eigenvalue weighted by atomic mass is 35.5. The SMILES string of the molecule is CS(=O)(=O)c1ccc(Cl)cc1C(=O)C1CCCCC1. The minimum absolute atomic E-state index is 0.0623. The monoisotopic (exact) mass is 300 g/mol. The summed E-state index contributed by atoms with van der Waals surface area (Å²) in [6, 6.07) is 4.41. The first kappa shape index (κ1) is 14.5. The lowest BCUT2D eigenvalue weighted by Crippen LogP contribution is -2.20. The summed E-state index contributed by atoms with van der Waals surface area (Å²) in [6.07, 6.45) is 6.02. The van der Waals surface area contributed by atoms with Crippen molar-refractivity contribution in [2.24, 2.45) is 5.92 Å². The maximum atomic E-state index is 12.5. The van der Waals surface area contributed by atoms with Crippen molar-refractivity contribution < 1.29 is 13.2 Å². The maximum Gasteiger partial charge on any atom is 0.176 e. The summed E-state index contributed by atoms with van der Waals surface area (Å²) in [7, 11) is -3.41. The molecule has 0 aromatic heterocycles. The van der Waals surface area contributed by atoms with Crippen molar-refractivity contribution in [3.8, 4) is 0 Å². The first-order valence-electron chi connectivity index (χ1n) is 6.43. The lowest BCUT2D eigenvalue weighted by atomic mass is 9.84. The van der Waals surface area contributed by atoms with Crippen molar-refractivity contribution in [2.45, 2.75) is 37.0 Å². The molecule has 0 atom stereocenters.